The average molecular weight is 929 g/mol. The van der Waals surface area contributed by atoms with Crippen molar-refractivity contribution < 1.29 is 38.2 Å². The number of benzene rings is 2. The monoisotopic (exact) mass is 927 g/mol. The second-order valence-corrected chi connectivity index (χ2v) is 19.2. The fourth-order valence-electron chi connectivity index (χ4n) is 8.24. The molecule has 2 atom stereocenters. The summed E-state index contributed by atoms with van der Waals surface area (Å²) in [6, 6.07) is 16.2. The Kier molecular flexibility index (Phi) is 13.9. The fourth-order valence-corrected chi connectivity index (χ4v) is 8.89. The number of amides is 5. The van der Waals surface area contributed by atoms with Crippen LogP contribution in [-0.2, 0) is 32.2 Å². The highest BCUT2D eigenvalue weighted by Gasteiger charge is 2.34. The summed E-state index contributed by atoms with van der Waals surface area (Å²) in [7, 11) is 1.52. The van der Waals surface area contributed by atoms with E-state index in [0.29, 0.717) is 92.9 Å². The van der Waals surface area contributed by atoms with Crippen molar-refractivity contribution in [2.75, 3.05) is 33.3 Å². The van der Waals surface area contributed by atoms with Gasteiger partial charge in [-0.25, -0.2) is 14.6 Å². The molecule has 7 rings (SSSR count). The molecule has 3 aliphatic heterocycles. The molecule has 0 unspecified atom stereocenters. The Balaban J connectivity index is 1.06. The maximum absolute atomic E-state index is 13.6. The molecular formula is C48H55Cl2N7O8. The van der Waals surface area contributed by atoms with Gasteiger partial charge in [0.1, 0.15) is 11.2 Å². The van der Waals surface area contributed by atoms with Gasteiger partial charge in [-0.15, -0.1) is 0 Å². The normalized spacial score (nSPS) is 17.3. The van der Waals surface area contributed by atoms with Crippen LogP contribution in [0.5, 0.6) is 5.88 Å². The van der Waals surface area contributed by atoms with Crippen LogP contribution >= 0.6 is 23.2 Å². The Morgan fingerprint density at radius 1 is 0.892 bits per heavy atom. The number of carbonyl (C=O) groups is 5. The van der Waals surface area contributed by atoms with Crippen LogP contribution < -0.4 is 15.4 Å². The predicted octanol–water partition coefficient (Wildman–Crippen LogP) is 8.28. The van der Waals surface area contributed by atoms with Crippen LogP contribution in [0, 0.1) is 0 Å². The highest BCUT2D eigenvalue weighted by molar-refractivity contribution is 6.39. The van der Waals surface area contributed by atoms with Gasteiger partial charge >= 0.3 is 12.2 Å². The van der Waals surface area contributed by atoms with Gasteiger partial charge in [-0.05, 0) is 90.3 Å². The maximum atomic E-state index is 13.6. The van der Waals surface area contributed by atoms with E-state index < -0.39 is 23.4 Å². The second-order valence-electron chi connectivity index (χ2n) is 18.5. The van der Waals surface area contributed by atoms with Crippen LogP contribution in [0.1, 0.15) is 88.7 Å². The molecule has 65 heavy (non-hydrogen) atoms. The van der Waals surface area contributed by atoms with Crippen molar-refractivity contribution in [2.24, 2.45) is 0 Å². The summed E-state index contributed by atoms with van der Waals surface area (Å²) in [4.78, 5) is 78.5. The molecule has 2 fully saturated rings. The minimum Gasteiger partial charge on any atom is -0.481 e. The first-order valence-electron chi connectivity index (χ1n) is 21.7. The third-order valence-electron chi connectivity index (χ3n) is 11.3. The molecule has 4 aromatic rings. The van der Waals surface area contributed by atoms with E-state index in [2.05, 4.69) is 15.6 Å². The molecule has 2 aromatic carbocycles. The van der Waals surface area contributed by atoms with Gasteiger partial charge in [-0.2, -0.15) is 0 Å². The zero-order chi connectivity index (χ0) is 46.8. The van der Waals surface area contributed by atoms with Gasteiger partial charge in [0, 0.05) is 91.2 Å². The number of alkyl carbamates (subject to hydrolysis) is 1. The number of aromatic nitrogens is 2. The van der Waals surface area contributed by atoms with E-state index in [1.807, 2.05) is 42.5 Å². The van der Waals surface area contributed by atoms with Crippen LogP contribution in [0.2, 0.25) is 10.0 Å². The van der Waals surface area contributed by atoms with E-state index >= 15 is 0 Å². The number of nitrogens with one attached hydrogen (secondary N) is 2. The summed E-state index contributed by atoms with van der Waals surface area (Å²) in [6.07, 6.45) is 2.61. The van der Waals surface area contributed by atoms with E-state index in [1.54, 1.807) is 74.6 Å². The van der Waals surface area contributed by atoms with E-state index in [4.69, 9.17) is 42.4 Å². The molecule has 15 nitrogen and oxygen atoms in total. The van der Waals surface area contributed by atoms with Crippen LogP contribution in [-0.4, -0.2) is 111 Å². The van der Waals surface area contributed by atoms with E-state index in [9.17, 15) is 24.0 Å². The minimum absolute atomic E-state index is 0.0284. The Bertz CT molecular complexity index is 2500. The summed E-state index contributed by atoms with van der Waals surface area (Å²) in [5.41, 5.74) is 4.40. The van der Waals surface area contributed by atoms with Crippen molar-refractivity contribution in [1.82, 2.24) is 35.3 Å². The SMILES string of the molecule is COc1nc(-c2cccc(-c3ccnc(-c4ccc5c(c4)CN(CCN(C[C@@H]4CCC(=O)N4)C(=O)OC(C)(C)C)C5=O)c3Cl)c2Cl)ccc1CN1C(=O)CC[C@H]1CNC(=O)OC(C)(C)C. The smallest absolute Gasteiger partial charge is 0.410 e. The summed E-state index contributed by atoms with van der Waals surface area (Å²) < 4.78 is 16.8. The Labute approximate surface area is 389 Å². The summed E-state index contributed by atoms with van der Waals surface area (Å²) in [6.45, 7) is 12.4. The molecule has 3 aliphatic rings. The molecule has 2 saturated heterocycles. The number of rotatable bonds is 13. The fraction of sp³-hybridized carbons (Fsp3) is 0.438. The number of ether oxygens (including phenoxy) is 3. The average Bonchev–Trinajstić information content (AvgIpc) is 3.92. The molecule has 0 radical (unpaired) electrons. The molecule has 0 aliphatic carbocycles. The number of likely N-dealkylation sites (tertiary alicyclic amines) is 1. The Morgan fingerprint density at radius 3 is 2.34 bits per heavy atom. The number of halogens is 2. The van der Waals surface area contributed by atoms with E-state index in [0.717, 1.165) is 5.56 Å². The lowest BCUT2D eigenvalue weighted by atomic mass is 9.98. The van der Waals surface area contributed by atoms with Crippen molar-refractivity contribution in [2.45, 2.75) is 104 Å². The molecule has 344 valence electrons. The van der Waals surface area contributed by atoms with Crippen molar-refractivity contribution in [3.63, 3.8) is 0 Å². The maximum Gasteiger partial charge on any atom is 0.410 e. The molecule has 2 aromatic heterocycles. The zero-order valence-electron chi connectivity index (χ0n) is 37.8. The van der Waals surface area contributed by atoms with Crippen molar-refractivity contribution >= 4 is 53.1 Å². The van der Waals surface area contributed by atoms with Gasteiger partial charge in [0.05, 0.1) is 41.1 Å². The number of methoxy groups -OCH3 is 1. The van der Waals surface area contributed by atoms with E-state index in [-0.39, 0.29) is 62.5 Å². The summed E-state index contributed by atoms with van der Waals surface area (Å²) in [5, 5.41) is 6.48. The minimum atomic E-state index is -0.710. The standard InChI is InChI=1S/C48H55Cl2N7O8/c1-47(2,3)64-45(61)52-24-32-14-18-39(59)57(32)26-29-12-16-37(54-43(29)63-7)36-10-8-9-34(40(36)49)35-19-20-51-42(41(35)50)28-11-15-33-30(23-28)25-55(44(33)60)21-22-56(46(62)65-48(4,5)6)27-31-13-17-38(58)53-31/h8-12,15-16,19-20,23,31-32H,13-14,17-18,21-22,24-27H2,1-7H3,(H,52,61)(H,53,58)/t31-,32-/m0/s1. The van der Waals surface area contributed by atoms with Crippen LogP contribution in [0.15, 0.2) is 60.8 Å². The molecule has 5 heterocycles. The zero-order valence-corrected chi connectivity index (χ0v) is 39.3. The number of fused-ring (bicyclic) bond motifs is 1. The van der Waals surface area contributed by atoms with Crippen LogP contribution in [0.3, 0.4) is 0 Å². The molecule has 5 amide bonds. The van der Waals surface area contributed by atoms with Crippen molar-refractivity contribution in [3.05, 3.63) is 87.5 Å². The van der Waals surface area contributed by atoms with Gasteiger partial charge in [0.25, 0.3) is 5.91 Å². The summed E-state index contributed by atoms with van der Waals surface area (Å²) in [5.74, 6) is 0.106. The van der Waals surface area contributed by atoms with Gasteiger partial charge in [0.2, 0.25) is 17.7 Å². The largest absolute Gasteiger partial charge is 0.481 e. The predicted molar refractivity (Wildman–Crippen MR) is 246 cm³/mol. The highest BCUT2D eigenvalue weighted by atomic mass is 35.5. The topological polar surface area (TPSA) is 173 Å². The Hall–Kier alpha value is -5.93. The summed E-state index contributed by atoms with van der Waals surface area (Å²) >= 11 is 14.3. The van der Waals surface area contributed by atoms with Crippen molar-refractivity contribution in [3.8, 4) is 39.5 Å². The van der Waals surface area contributed by atoms with Crippen molar-refractivity contribution in [1.29, 1.82) is 0 Å². The lowest BCUT2D eigenvalue weighted by Gasteiger charge is -2.30. The number of pyridine rings is 2. The quantitative estimate of drug-likeness (QED) is 0.133. The first kappa shape index (κ1) is 47.0. The molecule has 0 bridgehead atoms. The first-order valence-corrected chi connectivity index (χ1v) is 22.5. The molecule has 17 heteroatoms. The molecule has 0 spiro atoms. The Morgan fingerprint density at radius 2 is 1.63 bits per heavy atom. The lowest BCUT2D eigenvalue weighted by molar-refractivity contribution is -0.129. The van der Waals surface area contributed by atoms with Crippen LogP contribution in [0.25, 0.3) is 33.6 Å². The van der Waals surface area contributed by atoms with Gasteiger partial charge < -0.3 is 39.5 Å². The highest BCUT2D eigenvalue weighted by Crippen LogP contribution is 2.42. The number of carbonyl (C=O) groups excluding carboxylic acids is 5. The van der Waals surface area contributed by atoms with Crippen LogP contribution in [0.4, 0.5) is 9.59 Å². The number of hydrogen-bond acceptors (Lipinski definition) is 10. The third kappa shape index (κ3) is 11.1. The van der Waals surface area contributed by atoms with E-state index in [1.165, 1.54) is 7.11 Å². The van der Waals surface area contributed by atoms with Gasteiger partial charge in [0.15, 0.2) is 0 Å². The number of hydrogen-bond donors (Lipinski definition) is 2. The first-order chi connectivity index (χ1) is 30.8. The molecule has 2 N–H and O–H groups in total. The molecule has 0 saturated carbocycles. The lowest BCUT2D eigenvalue weighted by Crippen LogP contribution is -2.47. The second kappa shape index (κ2) is 19.3. The molecular weight excluding hydrogens is 873 g/mol. The number of nitrogens with zero attached hydrogens (tertiary/aromatic N) is 5. The van der Waals surface area contributed by atoms with Gasteiger partial charge in [-0.3, -0.25) is 19.4 Å². The third-order valence-corrected chi connectivity index (χ3v) is 12.1. The van der Waals surface area contributed by atoms with Gasteiger partial charge in [-0.1, -0.05) is 47.5 Å².